The standard InChI is InChI=1S/C13H16O5/c14-4-8-1-7-2-11-12(18-6-17-11)3-9(7)13(16)10(8)5-15/h2-3,8,10,13-16H,1,4-6H2. The molecule has 0 saturated heterocycles. The fraction of sp³-hybridized carbons (Fsp3) is 0.538. The van der Waals surface area contributed by atoms with Crippen LogP contribution >= 0.6 is 0 Å². The van der Waals surface area contributed by atoms with Crippen LogP contribution in [0.15, 0.2) is 12.1 Å². The molecule has 18 heavy (non-hydrogen) atoms. The first-order chi connectivity index (χ1) is 8.74. The summed E-state index contributed by atoms with van der Waals surface area (Å²) in [4.78, 5) is 0. The monoisotopic (exact) mass is 252 g/mol. The third-order valence-electron chi connectivity index (χ3n) is 3.89. The SMILES string of the molecule is OCC1Cc2cc3c(cc2C(O)C1CO)OCO3. The summed E-state index contributed by atoms with van der Waals surface area (Å²) in [6.07, 6.45) is -0.143. The molecular formula is C13H16O5. The van der Waals surface area contributed by atoms with Crippen LogP contribution in [-0.2, 0) is 6.42 Å². The van der Waals surface area contributed by atoms with Crippen LogP contribution in [0.4, 0.5) is 0 Å². The van der Waals surface area contributed by atoms with Gasteiger partial charge in [-0.1, -0.05) is 0 Å². The normalized spacial score (nSPS) is 29.2. The minimum absolute atomic E-state index is 0.0455. The van der Waals surface area contributed by atoms with Crippen LogP contribution in [0.25, 0.3) is 0 Å². The van der Waals surface area contributed by atoms with E-state index in [1.54, 1.807) is 6.07 Å². The number of hydrogen-bond acceptors (Lipinski definition) is 5. The molecule has 2 aliphatic rings. The van der Waals surface area contributed by atoms with E-state index in [9.17, 15) is 15.3 Å². The minimum atomic E-state index is -0.773. The minimum Gasteiger partial charge on any atom is -0.454 e. The predicted molar refractivity (Wildman–Crippen MR) is 62.4 cm³/mol. The van der Waals surface area contributed by atoms with Gasteiger partial charge in [0.05, 0.1) is 6.10 Å². The Morgan fingerprint density at radius 3 is 2.50 bits per heavy atom. The van der Waals surface area contributed by atoms with Gasteiger partial charge in [0.2, 0.25) is 6.79 Å². The van der Waals surface area contributed by atoms with E-state index < -0.39 is 6.10 Å². The molecule has 1 aliphatic heterocycles. The zero-order valence-electron chi connectivity index (χ0n) is 9.87. The van der Waals surface area contributed by atoms with E-state index in [0.29, 0.717) is 17.9 Å². The Bertz CT molecular complexity index is 459. The molecule has 98 valence electrons. The zero-order chi connectivity index (χ0) is 12.7. The first-order valence-electron chi connectivity index (χ1n) is 6.06. The fourth-order valence-corrected chi connectivity index (χ4v) is 2.82. The number of benzene rings is 1. The van der Waals surface area contributed by atoms with Crippen LogP contribution < -0.4 is 9.47 Å². The summed E-state index contributed by atoms with van der Waals surface area (Å²) in [6, 6.07) is 3.63. The molecule has 1 aliphatic carbocycles. The summed E-state index contributed by atoms with van der Waals surface area (Å²) in [5, 5.41) is 29.0. The maximum atomic E-state index is 10.3. The number of fused-ring (bicyclic) bond motifs is 2. The number of aliphatic hydroxyl groups is 3. The molecule has 3 atom stereocenters. The Kier molecular flexibility index (Phi) is 2.89. The van der Waals surface area contributed by atoms with Crippen molar-refractivity contribution in [2.24, 2.45) is 11.8 Å². The summed E-state index contributed by atoms with van der Waals surface area (Å²) in [5.74, 6) is 0.854. The van der Waals surface area contributed by atoms with Gasteiger partial charge in [-0.2, -0.15) is 0 Å². The first kappa shape index (κ1) is 11.8. The molecule has 1 heterocycles. The van der Waals surface area contributed by atoms with Gasteiger partial charge < -0.3 is 24.8 Å². The van der Waals surface area contributed by atoms with Gasteiger partial charge in [-0.25, -0.2) is 0 Å². The maximum absolute atomic E-state index is 10.3. The highest BCUT2D eigenvalue weighted by Crippen LogP contribution is 2.44. The molecule has 3 N–H and O–H groups in total. The smallest absolute Gasteiger partial charge is 0.231 e. The largest absolute Gasteiger partial charge is 0.454 e. The molecule has 0 saturated carbocycles. The van der Waals surface area contributed by atoms with E-state index in [0.717, 1.165) is 11.1 Å². The molecule has 3 rings (SSSR count). The zero-order valence-corrected chi connectivity index (χ0v) is 9.87. The summed E-state index contributed by atoms with van der Waals surface area (Å²) in [5.41, 5.74) is 1.72. The second kappa shape index (κ2) is 4.42. The Morgan fingerprint density at radius 2 is 1.83 bits per heavy atom. The lowest BCUT2D eigenvalue weighted by atomic mass is 9.74. The molecule has 3 unspecified atom stereocenters. The third kappa shape index (κ3) is 1.67. The third-order valence-corrected chi connectivity index (χ3v) is 3.89. The van der Waals surface area contributed by atoms with Gasteiger partial charge in [-0.05, 0) is 35.6 Å². The van der Waals surface area contributed by atoms with Crippen molar-refractivity contribution < 1.29 is 24.8 Å². The molecule has 0 aromatic heterocycles. The predicted octanol–water partition coefficient (Wildman–Crippen LogP) is 0.222. The van der Waals surface area contributed by atoms with Gasteiger partial charge in [-0.15, -0.1) is 0 Å². The van der Waals surface area contributed by atoms with Crippen LogP contribution in [0.1, 0.15) is 17.2 Å². The van der Waals surface area contributed by atoms with Crippen molar-refractivity contribution in [2.75, 3.05) is 20.0 Å². The molecule has 0 spiro atoms. The number of ether oxygens (including phenoxy) is 2. The van der Waals surface area contributed by atoms with Gasteiger partial charge in [-0.3, -0.25) is 0 Å². The second-order valence-electron chi connectivity index (χ2n) is 4.84. The topological polar surface area (TPSA) is 79.2 Å². The van der Waals surface area contributed by atoms with E-state index in [1.807, 2.05) is 6.07 Å². The van der Waals surface area contributed by atoms with Crippen molar-refractivity contribution >= 4 is 0 Å². The lowest BCUT2D eigenvalue weighted by molar-refractivity contribution is 0.00271. The second-order valence-corrected chi connectivity index (χ2v) is 4.84. The van der Waals surface area contributed by atoms with Crippen LogP contribution in [-0.4, -0.2) is 35.3 Å². The van der Waals surface area contributed by atoms with Gasteiger partial charge >= 0.3 is 0 Å². The van der Waals surface area contributed by atoms with E-state index in [1.165, 1.54) is 0 Å². The van der Waals surface area contributed by atoms with Crippen molar-refractivity contribution in [3.63, 3.8) is 0 Å². The quantitative estimate of drug-likeness (QED) is 0.702. The first-order valence-corrected chi connectivity index (χ1v) is 6.06. The molecule has 5 heteroatoms. The van der Waals surface area contributed by atoms with E-state index in [2.05, 4.69) is 0 Å². The summed E-state index contributed by atoms with van der Waals surface area (Å²) in [6.45, 7) is 0.0115. The molecule has 1 aromatic rings. The van der Waals surface area contributed by atoms with E-state index in [-0.39, 0.29) is 31.8 Å². The molecular weight excluding hydrogens is 236 g/mol. The van der Waals surface area contributed by atoms with E-state index >= 15 is 0 Å². The van der Waals surface area contributed by atoms with Gasteiger partial charge in [0.1, 0.15) is 0 Å². The maximum Gasteiger partial charge on any atom is 0.231 e. The van der Waals surface area contributed by atoms with Crippen molar-refractivity contribution in [1.29, 1.82) is 0 Å². The molecule has 0 radical (unpaired) electrons. The highest BCUT2D eigenvalue weighted by Gasteiger charge is 2.36. The molecule has 0 fully saturated rings. The lowest BCUT2D eigenvalue weighted by Crippen LogP contribution is -2.34. The average molecular weight is 252 g/mol. The Hall–Kier alpha value is -1.30. The van der Waals surface area contributed by atoms with Crippen LogP contribution in [0, 0.1) is 11.8 Å². The Labute approximate surface area is 105 Å². The average Bonchev–Trinajstić information content (AvgIpc) is 2.83. The lowest BCUT2D eigenvalue weighted by Gasteiger charge is -2.35. The Balaban J connectivity index is 2.03. The molecule has 1 aromatic carbocycles. The molecule has 5 nitrogen and oxygen atoms in total. The summed E-state index contributed by atoms with van der Waals surface area (Å²) < 4.78 is 10.6. The highest BCUT2D eigenvalue weighted by molar-refractivity contribution is 5.50. The van der Waals surface area contributed by atoms with Crippen molar-refractivity contribution in [3.05, 3.63) is 23.3 Å². The summed E-state index contributed by atoms with van der Waals surface area (Å²) >= 11 is 0. The van der Waals surface area contributed by atoms with Crippen molar-refractivity contribution in [1.82, 2.24) is 0 Å². The number of aliphatic hydroxyl groups excluding tert-OH is 3. The summed E-state index contributed by atoms with van der Waals surface area (Å²) in [7, 11) is 0. The van der Waals surface area contributed by atoms with Crippen LogP contribution in [0.5, 0.6) is 11.5 Å². The van der Waals surface area contributed by atoms with Crippen molar-refractivity contribution in [3.8, 4) is 11.5 Å². The van der Waals surface area contributed by atoms with Gasteiger partial charge in [0.25, 0.3) is 0 Å². The molecule has 0 amide bonds. The van der Waals surface area contributed by atoms with Gasteiger partial charge in [0, 0.05) is 19.1 Å². The van der Waals surface area contributed by atoms with Crippen LogP contribution in [0.3, 0.4) is 0 Å². The Morgan fingerprint density at radius 1 is 1.11 bits per heavy atom. The fourth-order valence-electron chi connectivity index (χ4n) is 2.82. The molecule has 0 bridgehead atoms. The van der Waals surface area contributed by atoms with Crippen molar-refractivity contribution in [2.45, 2.75) is 12.5 Å². The number of hydrogen-bond donors (Lipinski definition) is 3. The highest BCUT2D eigenvalue weighted by atomic mass is 16.7. The van der Waals surface area contributed by atoms with E-state index in [4.69, 9.17) is 9.47 Å². The number of rotatable bonds is 2. The van der Waals surface area contributed by atoms with Crippen LogP contribution in [0.2, 0.25) is 0 Å². The van der Waals surface area contributed by atoms with Gasteiger partial charge in [0.15, 0.2) is 11.5 Å².